The highest BCUT2D eigenvalue weighted by molar-refractivity contribution is 6.23. The minimum atomic E-state index is -4.21. The summed E-state index contributed by atoms with van der Waals surface area (Å²) in [7, 11) is 0. The number of nitrogens with zero attached hydrogens (tertiary/aromatic N) is 1. The first-order chi connectivity index (χ1) is 13.5. The summed E-state index contributed by atoms with van der Waals surface area (Å²) in [5, 5.41) is 9.73. The Morgan fingerprint density at radius 2 is 1.41 bits per heavy atom. The zero-order chi connectivity index (χ0) is 19.3. The second-order valence-corrected chi connectivity index (χ2v) is 7.63. The zero-order valence-electron chi connectivity index (χ0n) is 15.8. The number of hydrogen-bond donors (Lipinski definition) is 1. The van der Waals surface area contributed by atoms with Crippen LogP contribution in [0.15, 0.2) is 54.6 Å². The molecule has 5 rings (SSSR count). The normalized spacial score (nSPS) is 17.1. The van der Waals surface area contributed by atoms with Crippen LogP contribution < -0.4 is 5.32 Å². The van der Waals surface area contributed by atoms with Crippen LogP contribution in [0.3, 0.4) is 0 Å². The van der Waals surface area contributed by atoms with Crippen molar-refractivity contribution in [2.45, 2.75) is 18.6 Å². The Kier molecular flexibility index (Phi) is 5.32. The van der Waals surface area contributed by atoms with E-state index >= 15 is 0 Å². The fraction of sp³-hybridized carbons (Fsp3) is 0.304. The Labute approximate surface area is 173 Å². The van der Waals surface area contributed by atoms with Crippen molar-refractivity contribution in [1.29, 1.82) is 0 Å². The summed E-state index contributed by atoms with van der Waals surface area (Å²) < 4.78 is 40.5. The van der Waals surface area contributed by atoms with E-state index in [1.165, 1.54) is 0 Å². The third-order valence-corrected chi connectivity index (χ3v) is 5.94. The first-order valence-electron chi connectivity index (χ1n) is 9.69. The summed E-state index contributed by atoms with van der Waals surface area (Å²) in [4.78, 5) is 1.98. The number of benzene rings is 4. The molecule has 1 N–H and O–H groups in total. The lowest BCUT2D eigenvalue weighted by Crippen LogP contribution is -2.46. The van der Waals surface area contributed by atoms with E-state index in [2.05, 4.69) is 29.6 Å². The average Bonchev–Trinajstić information content (AvgIpc) is 2.70. The summed E-state index contributed by atoms with van der Waals surface area (Å²) in [6, 6.07) is 17.6. The van der Waals surface area contributed by atoms with Crippen LogP contribution in [-0.4, -0.2) is 37.3 Å². The van der Waals surface area contributed by atoms with Crippen molar-refractivity contribution in [2.75, 3.05) is 26.2 Å². The number of alkyl halides is 3. The van der Waals surface area contributed by atoms with Crippen LogP contribution >= 0.6 is 12.4 Å². The molecule has 0 amide bonds. The van der Waals surface area contributed by atoms with Gasteiger partial charge in [-0.3, -0.25) is 4.90 Å². The number of piperazine rings is 1. The maximum atomic E-state index is 13.5. The molecule has 0 saturated carbocycles. The van der Waals surface area contributed by atoms with Crippen LogP contribution in [0.5, 0.6) is 0 Å². The second-order valence-electron chi connectivity index (χ2n) is 7.63. The van der Waals surface area contributed by atoms with E-state index in [0.29, 0.717) is 13.1 Å². The Hall–Kier alpha value is -2.08. The van der Waals surface area contributed by atoms with Crippen LogP contribution in [0.4, 0.5) is 13.2 Å². The summed E-state index contributed by atoms with van der Waals surface area (Å²) >= 11 is 0. The van der Waals surface area contributed by atoms with Gasteiger partial charge in [0.1, 0.15) is 0 Å². The number of nitrogens with one attached hydrogen (secondary N) is 1. The molecule has 1 fully saturated rings. The lowest BCUT2D eigenvalue weighted by atomic mass is 9.88. The van der Waals surface area contributed by atoms with Crippen molar-refractivity contribution in [3.05, 3.63) is 60.2 Å². The fourth-order valence-electron chi connectivity index (χ4n) is 4.70. The number of rotatable bonds is 3. The zero-order valence-corrected chi connectivity index (χ0v) is 16.6. The maximum Gasteiger partial charge on any atom is 0.390 e. The monoisotopic (exact) mass is 418 g/mol. The Morgan fingerprint density at radius 1 is 0.828 bits per heavy atom. The lowest BCUT2D eigenvalue weighted by Gasteiger charge is -2.36. The van der Waals surface area contributed by atoms with Crippen molar-refractivity contribution in [3.8, 4) is 0 Å². The van der Waals surface area contributed by atoms with E-state index in [9.17, 15) is 13.2 Å². The third kappa shape index (κ3) is 3.63. The predicted octanol–water partition coefficient (Wildman–Crippen LogP) is 5.90. The predicted molar refractivity (Wildman–Crippen MR) is 115 cm³/mol. The Morgan fingerprint density at radius 3 is 2.07 bits per heavy atom. The molecule has 29 heavy (non-hydrogen) atoms. The van der Waals surface area contributed by atoms with Crippen LogP contribution in [-0.2, 0) is 0 Å². The van der Waals surface area contributed by atoms with E-state index in [0.717, 1.165) is 51.0 Å². The smallest absolute Gasteiger partial charge is 0.314 e. The van der Waals surface area contributed by atoms with Crippen molar-refractivity contribution in [2.24, 2.45) is 0 Å². The summed E-state index contributed by atoms with van der Waals surface area (Å²) in [6.07, 6.45) is -5.03. The van der Waals surface area contributed by atoms with Crippen LogP contribution in [0.25, 0.3) is 32.3 Å². The molecule has 6 heteroatoms. The van der Waals surface area contributed by atoms with Gasteiger partial charge < -0.3 is 5.32 Å². The van der Waals surface area contributed by atoms with Gasteiger partial charge >= 0.3 is 6.18 Å². The molecule has 0 spiro atoms. The first kappa shape index (κ1) is 20.2. The van der Waals surface area contributed by atoms with Crippen molar-refractivity contribution < 1.29 is 13.2 Å². The lowest BCUT2D eigenvalue weighted by molar-refractivity contribution is -0.148. The van der Waals surface area contributed by atoms with Gasteiger partial charge in [-0.1, -0.05) is 54.6 Å². The van der Waals surface area contributed by atoms with E-state index < -0.39 is 18.6 Å². The van der Waals surface area contributed by atoms with Gasteiger partial charge in [-0.05, 0) is 37.9 Å². The molecule has 0 aliphatic carbocycles. The highest BCUT2D eigenvalue weighted by Crippen LogP contribution is 2.41. The first-order valence-corrected chi connectivity index (χ1v) is 9.69. The van der Waals surface area contributed by atoms with E-state index in [1.54, 1.807) is 0 Å². The Bertz CT molecular complexity index is 1120. The van der Waals surface area contributed by atoms with E-state index in [4.69, 9.17) is 0 Å². The van der Waals surface area contributed by atoms with Gasteiger partial charge in [-0.2, -0.15) is 13.2 Å². The van der Waals surface area contributed by atoms with Gasteiger partial charge in [-0.25, -0.2) is 0 Å². The van der Waals surface area contributed by atoms with Gasteiger partial charge in [0, 0.05) is 32.2 Å². The topological polar surface area (TPSA) is 15.3 Å². The molecular formula is C23H22ClF3N2. The summed E-state index contributed by atoms with van der Waals surface area (Å²) in [6.45, 7) is 2.70. The molecule has 1 aliphatic rings. The highest BCUT2D eigenvalue weighted by atomic mass is 35.5. The molecule has 4 aromatic carbocycles. The van der Waals surface area contributed by atoms with E-state index in [1.807, 2.05) is 35.2 Å². The minimum Gasteiger partial charge on any atom is -0.314 e. The average molecular weight is 419 g/mol. The molecule has 1 saturated heterocycles. The molecular weight excluding hydrogens is 397 g/mol. The van der Waals surface area contributed by atoms with Crippen molar-refractivity contribution >= 4 is 44.7 Å². The standard InChI is InChI=1S/C23H21F3N2.ClH/c24-23(25,26)14-20(28-12-10-27-11-13-28)18-8-6-17-5-4-15-2-1-3-16-7-9-19(18)22(17)21(15)16;/h1-9,20,27H,10-14H2;1H/t20-;/m1./s1. The molecule has 1 heterocycles. The highest BCUT2D eigenvalue weighted by Gasteiger charge is 2.36. The molecule has 152 valence electrons. The number of hydrogen-bond acceptors (Lipinski definition) is 2. The largest absolute Gasteiger partial charge is 0.390 e. The van der Waals surface area contributed by atoms with E-state index in [-0.39, 0.29) is 12.4 Å². The molecule has 0 unspecified atom stereocenters. The molecule has 0 aromatic heterocycles. The quantitative estimate of drug-likeness (QED) is 0.416. The SMILES string of the molecule is Cl.FC(F)(F)C[C@H](c1ccc2ccc3cccc4ccc1c2c34)N1CCNCC1. The van der Waals surface area contributed by atoms with Crippen LogP contribution in [0.1, 0.15) is 18.0 Å². The Balaban J connectivity index is 0.00000205. The fourth-order valence-corrected chi connectivity index (χ4v) is 4.70. The molecule has 0 radical (unpaired) electrons. The molecule has 4 aromatic rings. The maximum absolute atomic E-state index is 13.5. The molecule has 0 bridgehead atoms. The summed E-state index contributed by atoms with van der Waals surface area (Å²) in [5.74, 6) is 0. The number of halogens is 4. The molecule has 2 nitrogen and oxygen atoms in total. The molecule has 1 atom stereocenters. The van der Waals surface area contributed by atoms with Gasteiger partial charge in [0.15, 0.2) is 0 Å². The molecule has 1 aliphatic heterocycles. The van der Waals surface area contributed by atoms with Gasteiger partial charge in [0.2, 0.25) is 0 Å². The van der Waals surface area contributed by atoms with Gasteiger partial charge in [0.25, 0.3) is 0 Å². The van der Waals surface area contributed by atoms with Gasteiger partial charge in [-0.15, -0.1) is 12.4 Å². The summed E-state index contributed by atoms with van der Waals surface area (Å²) in [5.41, 5.74) is 0.782. The van der Waals surface area contributed by atoms with Crippen LogP contribution in [0, 0.1) is 0 Å². The second kappa shape index (κ2) is 7.63. The minimum absolute atomic E-state index is 0. The van der Waals surface area contributed by atoms with Gasteiger partial charge in [0.05, 0.1) is 6.42 Å². The van der Waals surface area contributed by atoms with Crippen molar-refractivity contribution in [3.63, 3.8) is 0 Å². The van der Waals surface area contributed by atoms with Crippen molar-refractivity contribution in [1.82, 2.24) is 10.2 Å². The van der Waals surface area contributed by atoms with Crippen LogP contribution in [0.2, 0.25) is 0 Å². The third-order valence-electron chi connectivity index (χ3n) is 5.94.